The van der Waals surface area contributed by atoms with E-state index in [1.165, 1.54) is 11.3 Å². The van der Waals surface area contributed by atoms with Crippen molar-refractivity contribution in [2.45, 2.75) is 33.2 Å². The van der Waals surface area contributed by atoms with Gasteiger partial charge < -0.3 is 4.90 Å². The number of nitrogens with one attached hydrogen (secondary N) is 1. The second kappa shape index (κ2) is 4.61. The molecular weight excluding hydrogens is 258 g/mol. The molecule has 2 aromatic rings. The molecule has 0 bridgehead atoms. The summed E-state index contributed by atoms with van der Waals surface area (Å²) in [4.78, 5) is 13.6. The van der Waals surface area contributed by atoms with Gasteiger partial charge in [0.25, 0.3) is 0 Å². The predicted molar refractivity (Wildman–Crippen MR) is 80.6 cm³/mol. The van der Waals surface area contributed by atoms with E-state index >= 15 is 0 Å². The number of hydrazine groups is 1. The largest absolute Gasteiger partial charge is 0.353 e. The summed E-state index contributed by atoms with van der Waals surface area (Å²) < 4.78 is 0. The SMILES string of the molecule is Cc1cc2c(N3CC(C)CC3C)nc(NN)nc2s1. The monoisotopic (exact) mass is 277 g/mol. The fraction of sp³-hybridized carbons (Fsp3) is 0.538. The molecule has 19 heavy (non-hydrogen) atoms. The van der Waals surface area contributed by atoms with Crippen molar-refractivity contribution in [2.75, 3.05) is 16.9 Å². The first-order chi connectivity index (χ1) is 9.08. The van der Waals surface area contributed by atoms with Gasteiger partial charge in [0.05, 0.1) is 5.39 Å². The van der Waals surface area contributed by atoms with Crippen LogP contribution >= 0.6 is 11.3 Å². The molecule has 0 amide bonds. The van der Waals surface area contributed by atoms with Gasteiger partial charge in [0.2, 0.25) is 5.95 Å². The van der Waals surface area contributed by atoms with Gasteiger partial charge in [-0.3, -0.25) is 5.43 Å². The van der Waals surface area contributed by atoms with Gasteiger partial charge in [-0.1, -0.05) is 6.92 Å². The molecule has 5 nitrogen and oxygen atoms in total. The molecule has 0 spiro atoms. The van der Waals surface area contributed by atoms with Crippen LogP contribution in [-0.4, -0.2) is 22.6 Å². The molecule has 1 aliphatic rings. The Balaban J connectivity index is 2.15. The number of rotatable bonds is 2. The zero-order chi connectivity index (χ0) is 13.6. The molecule has 2 unspecified atom stereocenters. The van der Waals surface area contributed by atoms with E-state index in [4.69, 9.17) is 5.84 Å². The van der Waals surface area contributed by atoms with Crippen molar-refractivity contribution in [2.24, 2.45) is 11.8 Å². The molecule has 0 radical (unpaired) electrons. The van der Waals surface area contributed by atoms with Crippen LogP contribution < -0.4 is 16.2 Å². The van der Waals surface area contributed by atoms with Gasteiger partial charge in [0.15, 0.2) is 0 Å². The van der Waals surface area contributed by atoms with E-state index in [-0.39, 0.29) is 0 Å². The standard InChI is InChI=1S/C13H19N5S/c1-7-4-8(2)18(6-7)11-10-5-9(3)19-12(10)16-13(15-11)17-14/h5,7-8H,4,6,14H2,1-3H3,(H,15,16,17). The van der Waals surface area contributed by atoms with Gasteiger partial charge in [0, 0.05) is 17.5 Å². The summed E-state index contributed by atoms with van der Waals surface area (Å²) in [5.41, 5.74) is 2.58. The summed E-state index contributed by atoms with van der Waals surface area (Å²) in [6.07, 6.45) is 1.21. The minimum absolute atomic E-state index is 0.496. The molecule has 0 saturated carbocycles. The molecule has 2 aromatic heterocycles. The number of anilines is 2. The predicted octanol–water partition coefficient (Wildman–Crippen LogP) is 2.52. The lowest BCUT2D eigenvalue weighted by Crippen LogP contribution is -2.28. The summed E-state index contributed by atoms with van der Waals surface area (Å²) in [6, 6.07) is 2.68. The van der Waals surface area contributed by atoms with Gasteiger partial charge in [-0.15, -0.1) is 11.3 Å². The summed E-state index contributed by atoms with van der Waals surface area (Å²) in [7, 11) is 0. The third-order valence-corrected chi connectivity index (χ3v) is 4.63. The van der Waals surface area contributed by atoms with Gasteiger partial charge in [-0.05, 0) is 32.3 Å². The van der Waals surface area contributed by atoms with E-state index in [2.05, 4.69) is 47.1 Å². The lowest BCUT2D eigenvalue weighted by Gasteiger charge is -2.23. The Kier molecular flexibility index (Phi) is 3.06. The van der Waals surface area contributed by atoms with Crippen LogP contribution in [0.3, 0.4) is 0 Å². The highest BCUT2D eigenvalue weighted by Gasteiger charge is 2.29. The maximum absolute atomic E-state index is 5.49. The van der Waals surface area contributed by atoms with Crippen molar-refractivity contribution in [3.05, 3.63) is 10.9 Å². The number of fused-ring (bicyclic) bond motifs is 1. The molecule has 1 aliphatic heterocycles. The van der Waals surface area contributed by atoms with Gasteiger partial charge in [0.1, 0.15) is 10.6 Å². The third-order valence-electron chi connectivity index (χ3n) is 3.68. The van der Waals surface area contributed by atoms with Crippen LogP contribution in [0.25, 0.3) is 10.2 Å². The minimum Gasteiger partial charge on any atom is -0.353 e. The molecule has 3 heterocycles. The van der Waals surface area contributed by atoms with Crippen LogP contribution in [0, 0.1) is 12.8 Å². The fourth-order valence-corrected chi connectivity index (χ4v) is 3.78. The second-order valence-corrected chi connectivity index (χ2v) is 6.67. The highest BCUT2D eigenvalue weighted by Crippen LogP contribution is 2.36. The number of nitrogen functional groups attached to an aromatic ring is 1. The van der Waals surface area contributed by atoms with E-state index in [0.29, 0.717) is 17.9 Å². The lowest BCUT2D eigenvalue weighted by atomic mass is 10.1. The van der Waals surface area contributed by atoms with Crippen LogP contribution in [0.2, 0.25) is 0 Å². The quantitative estimate of drug-likeness (QED) is 0.652. The van der Waals surface area contributed by atoms with Crippen molar-refractivity contribution >= 4 is 33.3 Å². The van der Waals surface area contributed by atoms with E-state index in [1.54, 1.807) is 11.3 Å². The molecule has 2 atom stereocenters. The number of nitrogens with zero attached hydrogens (tertiary/aromatic N) is 3. The minimum atomic E-state index is 0.496. The third kappa shape index (κ3) is 2.15. The van der Waals surface area contributed by atoms with Crippen LogP contribution in [0.4, 0.5) is 11.8 Å². The average Bonchev–Trinajstić information content (AvgIpc) is 2.89. The second-order valence-electron chi connectivity index (χ2n) is 5.43. The molecule has 0 aromatic carbocycles. The lowest BCUT2D eigenvalue weighted by molar-refractivity contribution is 0.625. The van der Waals surface area contributed by atoms with E-state index in [9.17, 15) is 0 Å². The van der Waals surface area contributed by atoms with Gasteiger partial charge >= 0.3 is 0 Å². The normalized spacial score (nSPS) is 23.3. The Hall–Kier alpha value is -1.40. The van der Waals surface area contributed by atoms with Gasteiger partial charge in [-0.2, -0.15) is 4.98 Å². The van der Waals surface area contributed by atoms with Crippen LogP contribution in [0.1, 0.15) is 25.1 Å². The molecule has 0 aliphatic carbocycles. The van der Waals surface area contributed by atoms with E-state index in [1.807, 2.05) is 0 Å². The van der Waals surface area contributed by atoms with Gasteiger partial charge in [-0.25, -0.2) is 10.8 Å². The first kappa shape index (κ1) is 12.6. The smallest absolute Gasteiger partial charge is 0.240 e. The Morgan fingerprint density at radius 3 is 2.84 bits per heavy atom. The molecule has 3 N–H and O–H groups in total. The highest BCUT2D eigenvalue weighted by molar-refractivity contribution is 7.18. The van der Waals surface area contributed by atoms with E-state index < -0.39 is 0 Å². The highest BCUT2D eigenvalue weighted by atomic mass is 32.1. The summed E-state index contributed by atoms with van der Waals surface area (Å²) in [6.45, 7) is 7.69. The molecule has 6 heteroatoms. The Labute approximate surface area is 116 Å². The zero-order valence-electron chi connectivity index (χ0n) is 11.5. The number of hydrogen-bond acceptors (Lipinski definition) is 6. The van der Waals surface area contributed by atoms with E-state index in [0.717, 1.165) is 22.6 Å². The van der Waals surface area contributed by atoms with Crippen LogP contribution in [0.15, 0.2) is 6.07 Å². The maximum atomic E-state index is 5.49. The van der Waals surface area contributed by atoms with Crippen molar-refractivity contribution in [3.8, 4) is 0 Å². The Bertz CT molecular complexity index is 608. The average molecular weight is 277 g/mol. The summed E-state index contributed by atoms with van der Waals surface area (Å²) in [5, 5.41) is 1.14. The number of aromatic nitrogens is 2. The van der Waals surface area contributed by atoms with Crippen molar-refractivity contribution in [1.29, 1.82) is 0 Å². The van der Waals surface area contributed by atoms with Crippen LogP contribution in [-0.2, 0) is 0 Å². The number of thiophene rings is 1. The topological polar surface area (TPSA) is 67.1 Å². The van der Waals surface area contributed by atoms with Crippen molar-refractivity contribution in [3.63, 3.8) is 0 Å². The first-order valence-corrected chi connectivity index (χ1v) is 7.41. The molecule has 102 valence electrons. The molecule has 1 fully saturated rings. The number of nitrogens with two attached hydrogens (primary N) is 1. The summed E-state index contributed by atoms with van der Waals surface area (Å²) in [5.74, 6) is 7.70. The number of aryl methyl sites for hydroxylation is 1. The van der Waals surface area contributed by atoms with Crippen molar-refractivity contribution < 1.29 is 0 Å². The molecule has 3 rings (SSSR count). The zero-order valence-corrected chi connectivity index (χ0v) is 12.3. The fourth-order valence-electron chi connectivity index (χ4n) is 2.91. The number of hydrogen-bond donors (Lipinski definition) is 2. The van der Waals surface area contributed by atoms with Crippen molar-refractivity contribution in [1.82, 2.24) is 9.97 Å². The Morgan fingerprint density at radius 1 is 1.42 bits per heavy atom. The van der Waals surface area contributed by atoms with Crippen LogP contribution in [0.5, 0.6) is 0 Å². The maximum Gasteiger partial charge on any atom is 0.240 e. The molecule has 1 saturated heterocycles. The first-order valence-electron chi connectivity index (χ1n) is 6.60. The Morgan fingerprint density at radius 2 is 2.21 bits per heavy atom. The summed E-state index contributed by atoms with van der Waals surface area (Å²) >= 11 is 1.68. The molecular formula is C13H19N5S.